The molecule has 0 amide bonds. The maximum atomic E-state index is 11.2. The Hall–Kier alpha value is -1.21. The van der Waals surface area contributed by atoms with Crippen molar-refractivity contribution in [2.75, 3.05) is 7.11 Å². The first-order valence-corrected chi connectivity index (χ1v) is 4.50. The summed E-state index contributed by atoms with van der Waals surface area (Å²) in [5.74, 6) is 0.632. The van der Waals surface area contributed by atoms with Gasteiger partial charge in [-0.05, 0) is 12.1 Å². The maximum Gasteiger partial charge on any atom is 1.00 e. The molecule has 0 aliphatic heterocycles. The van der Waals surface area contributed by atoms with E-state index in [9.17, 15) is 4.79 Å². The molecule has 2 aromatic rings. The summed E-state index contributed by atoms with van der Waals surface area (Å²) in [5.41, 5.74) is 8.01. The molecule has 0 unspecified atom stereocenters. The van der Waals surface area contributed by atoms with Gasteiger partial charge in [-0.3, -0.25) is 0 Å². The fraction of sp³-hybridized carbons (Fsp3) is 0.182. The van der Waals surface area contributed by atoms with Crippen molar-refractivity contribution in [3.05, 3.63) is 46.0 Å². The molecule has 5 heteroatoms. The molecule has 0 atom stereocenters. The summed E-state index contributed by atoms with van der Waals surface area (Å²) >= 11 is 0. The number of benzene rings is 1. The maximum absolute atomic E-state index is 11.2. The van der Waals surface area contributed by atoms with E-state index in [-0.39, 0.29) is 25.4 Å². The van der Waals surface area contributed by atoms with Gasteiger partial charge in [-0.2, -0.15) is 0 Å². The second-order valence-electron chi connectivity index (χ2n) is 3.13. The SMILES string of the molecule is COc1ccc2c(C[NH-])cc(=O)oc2c1.[Li+]. The molecule has 4 nitrogen and oxygen atoms in total. The summed E-state index contributed by atoms with van der Waals surface area (Å²) in [6.07, 6.45) is 0. The Labute approximate surface area is 105 Å². The van der Waals surface area contributed by atoms with Crippen LogP contribution in [0.3, 0.4) is 0 Å². The zero-order valence-corrected chi connectivity index (χ0v) is 9.24. The number of nitrogens with one attached hydrogen (secondary N) is 1. The van der Waals surface area contributed by atoms with E-state index in [2.05, 4.69) is 0 Å². The van der Waals surface area contributed by atoms with Crippen molar-refractivity contribution < 1.29 is 28.0 Å². The van der Waals surface area contributed by atoms with E-state index in [4.69, 9.17) is 14.9 Å². The van der Waals surface area contributed by atoms with Crippen LogP contribution >= 0.6 is 0 Å². The first kappa shape index (κ1) is 12.9. The van der Waals surface area contributed by atoms with Gasteiger partial charge >= 0.3 is 24.5 Å². The Morgan fingerprint density at radius 1 is 1.38 bits per heavy atom. The molecule has 0 saturated heterocycles. The van der Waals surface area contributed by atoms with Gasteiger partial charge in [0.2, 0.25) is 0 Å². The van der Waals surface area contributed by atoms with Crippen molar-refractivity contribution in [1.82, 2.24) is 0 Å². The number of rotatable bonds is 2. The summed E-state index contributed by atoms with van der Waals surface area (Å²) < 4.78 is 10.1. The molecule has 0 radical (unpaired) electrons. The van der Waals surface area contributed by atoms with Gasteiger partial charge in [0, 0.05) is 17.5 Å². The molecular formula is C11H10LiNO3. The van der Waals surface area contributed by atoms with Gasteiger partial charge in [-0.15, -0.1) is 6.54 Å². The Morgan fingerprint density at radius 2 is 2.12 bits per heavy atom. The van der Waals surface area contributed by atoms with Gasteiger partial charge in [0.15, 0.2) is 0 Å². The second kappa shape index (κ2) is 5.22. The minimum atomic E-state index is -0.432. The van der Waals surface area contributed by atoms with E-state index in [0.29, 0.717) is 16.9 Å². The quantitative estimate of drug-likeness (QED) is 0.490. The predicted molar refractivity (Wildman–Crippen MR) is 57.1 cm³/mol. The summed E-state index contributed by atoms with van der Waals surface area (Å²) in [4.78, 5) is 11.2. The summed E-state index contributed by atoms with van der Waals surface area (Å²) in [6.45, 7) is 0.0639. The number of hydrogen-bond donors (Lipinski definition) is 0. The molecule has 2 rings (SSSR count). The van der Waals surface area contributed by atoms with E-state index in [1.54, 1.807) is 25.3 Å². The molecule has 0 fully saturated rings. The molecule has 78 valence electrons. The molecule has 0 bridgehead atoms. The van der Waals surface area contributed by atoms with Crippen molar-refractivity contribution in [2.24, 2.45) is 0 Å². The van der Waals surface area contributed by atoms with Gasteiger partial charge in [0.25, 0.3) is 0 Å². The van der Waals surface area contributed by atoms with Crippen molar-refractivity contribution in [2.45, 2.75) is 6.54 Å². The van der Waals surface area contributed by atoms with Crippen molar-refractivity contribution >= 4 is 11.0 Å². The van der Waals surface area contributed by atoms with Crippen LogP contribution in [-0.4, -0.2) is 7.11 Å². The van der Waals surface area contributed by atoms with Crippen molar-refractivity contribution in [1.29, 1.82) is 0 Å². The molecule has 1 heterocycles. The zero-order chi connectivity index (χ0) is 10.8. The van der Waals surface area contributed by atoms with Crippen LogP contribution in [0, 0.1) is 0 Å². The average Bonchev–Trinajstić information content (AvgIpc) is 2.26. The number of methoxy groups -OCH3 is 1. The van der Waals surface area contributed by atoms with Crippen LogP contribution in [0.2, 0.25) is 0 Å². The molecule has 1 N–H and O–H groups in total. The third kappa shape index (κ3) is 2.30. The van der Waals surface area contributed by atoms with Gasteiger partial charge in [-0.25, -0.2) is 4.79 Å². The Bertz CT molecular complexity index is 550. The standard InChI is InChI=1S/C11H10NO3.Li/c1-14-8-2-3-9-7(6-12)4-11(13)15-10(9)5-8;/h2-5,12H,6H2,1H3;/q-1;+1. The molecule has 0 aliphatic rings. The summed E-state index contributed by atoms with van der Waals surface area (Å²) in [6, 6.07) is 6.57. The van der Waals surface area contributed by atoms with E-state index < -0.39 is 5.63 Å². The fourth-order valence-electron chi connectivity index (χ4n) is 1.48. The number of fused-ring (bicyclic) bond motifs is 1. The first-order valence-electron chi connectivity index (χ1n) is 4.50. The molecule has 0 aliphatic carbocycles. The van der Waals surface area contributed by atoms with E-state index in [1.165, 1.54) is 6.07 Å². The fourth-order valence-corrected chi connectivity index (χ4v) is 1.48. The van der Waals surface area contributed by atoms with E-state index >= 15 is 0 Å². The number of ether oxygens (including phenoxy) is 1. The predicted octanol–water partition coefficient (Wildman–Crippen LogP) is -0.642. The Balaban J connectivity index is 0.00000128. The molecule has 16 heavy (non-hydrogen) atoms. The molecule has 0 spiro atoms. The van der Waals surface area contributed by atoms with Gasteiger partial charge in [0.1, 0.15) is 11.3 Å². The van der Waals surface area contributed by atoms with Crippen molar-refractivity contribution in [3.8, 4) is 5.75 Å². The van der Waals surface area contributed by atoms with Gasteiger partial charge in [0.05, 0.1) is 7.11 Å². The van der Waals surface area contributed by atoms with Gasteiger partial charge < -0.3 is 14.9 Å². The first-order chi connectivity index (χ1) is 7.24. The topological polar surface area (TPSA) is 63.2 Å². The summed E-state index contributed by atoms with van der Waals surface area (Å²) in [5, 5.41) is 0.783. The third-order valence-corrected chi connectivity index (χ3v) is 2.23. The molecular weight excluding hydrogens is 201 g/mol. The molecule has 1 aromatic heterocycles. The van der Waals surface area contributed by atoms with Crippen molar-refractivity contribution in [3.63, 3.8) is 0 Å². The van der Waals surface area contributed by atoms with Crippen LogP contribution in [0.25, 0.3) is 16.7 Å². The Morgan fingerprint density at radius 3 is 2.75 bits per heavy atom. The average molecular weight is 211 g/mol. The van der Waals surface area contributed by atoms with E-state index in [1.807, 2.05) is 0 Å². The van der Waals surface area contributed by atoms with Crippen LogP contribution in [0.1, 0.15) is 5.56 Å². The number of hydrogen-bond acceptors (Lipinski definition) is 3. The minimum Gasteiger partial charge on any atom is -0.674 e. The third-order valence-electron chi connectivity index (χ3n) is 2.23. The van der Waals surface area contributed by atoms with Crippen LogP contribution in [-0.2, 0) is 6.54 Å². The molecule has 0 saturated carbocycles. The minimum absolute atomic E-state index is 0. The Kier molecular flexibility index (Phi) is 4.19. The largest absolute Gasteiger partial charge is 1.00 e. The second-order valence-corrected chi connectivity index (χ2v) is 3.13. The van der Waals surface area contributed by atoms with E-state index in [0.717, 1.165) is 5.39 Å². The smallest absolute Gasteiger partial charge is 0.674 e. The zero-order valence-electron chi connectivity index (χ0n) is 9.24. The summed E-state index contributed by atoms with van der Waals surface area (Å²) in [7, 11) is 1.55. The van der Waals surface area contributed by atoms with Crippen LogP contribution in [0.5, 0.6) is 5.75 Å². The monoisotopic (exact) mass is 211 g/mol. The normalized spacial score (nSPS) is 9.88. The molecule has 1 aromatic carbocycles. The van der Waals surface area contributed by atoms with Crippen LogP contribution in [0.15, 0.2) is 33.5 Å². The van der Waals surface area contributed by atoms with Crippen LogP contribution in [0.4, 0.5) is 0 Å². The van der Waals surface area contributed by atoms with Crippen LogP contribution < -0.4 is 29.2 Å². The van der Waals surface area contributed by atoms with Gasteiger partial charge in [-0.1, -0.05) is 5.56 Å².